The Labute approximate surface area is 183 Å². The summed E-state index contributed by atoms with van der Waals surface area (Å²) in [6.07, 6.45) is 3.50. The van der Waals surface area contributed by atoms with Crippen molar-refractivity contribution >= 4 is 33.2 Å². The van der Waals surface area contributed by atoms with Gasteiger partial charge in [0.05, 0.1) is 0 Å². The lowest BCUT2D eigenvalue weighted by Crippen LogP contribution is -1.97. The molecule has 5 aromatic rings. The number of fused-ring (bicyclic) bond motifs is 1. The first-order chi connectivity index (χ1) is 15.2. The van der Waals surface area contributed by atoms with Crippen molar-refractivity contribution in [2.75, 3.05) is 5.32 Å². The maximum atomic E-state index is 13.2. The molecule has 0 aliphatic heterocycles. The second-order valence-corrected chi connectivity index (χ2v) is 8.19. The zero-order valence-electron chi connectivity index (χ0n) is 16.6. The number of rotatable bonds is 6. The lowest BCUT2D eigenvalue weighted by molar-refractivity contribution is 0.628. The smallest absolute Gasteiger partial charge is 0.161 e. The molecule has 0 fully saturated rings. The second-order valence-electron chi connectivity index (χ2n) is 7.21. The average Bonchev–Trinajstić information content (AvgIpc) is 3.25. The Morgan fingerprint density at radius 3 is 2.42 bits per heavy atom. The number of aromatic nitrogens is 3. The fourth-order valence-electron chi connectivity index (χ4n) is 3.44. The van der Waals surface area contributed by atoms with Crippen LogP contribution in [-0.4, -0.2) is 15.0 Å². The maximum Gasteiger partial charge on any atom is 0.161 e. The molecule has 0 bridgehead atoms. The number of nitrogens with one attached hydrogen (secondary N) is 1. The molecule has 1 N–H and O–H groups in total. The normalized spacial score (nSPS) is 11.0. The Morgan fingerprint density at radius 1 is 0.806 bits per heavy atom. The Bertz CT molecular complexity index is 1320. The molecular formula is C25H19FN4S. The molecule has 3 aromatic carbocycles. The predicted octanol–water partition coefficient (Wildman–Crippen LogP) is 6.42. The first-order valence-electron chi connectivity index (χ1n) is 10.0. The quantitative estimate of drug-likeness (QED) is 0.340. The molecule has 0 aliphatic carbocycles. The van der Waals surface area contributed by atoms with Crippen LogP contribution in [0.4, 0.5) is 15.9 Å². The third-order valence-corrected chi connectivity index (χ3v) is 6.03. The van der Waals surface area contributed by atoms with E-state index in [0.29, 0.717) is 11.3 Å². The van der Waals surface area contributed by atoms with Gasteiger partial charge in [0.2, 0.25) is 0 Å². The molecule has 0 spiro atoms. The molecule has 0 amide bonds. The van der Waals surface area contributed by atoms with Gasteiger partial charge < -0.3 is 5.32 Å². The summed E-state index contributed by atoms with van der Waals surface area (Å²) in [5.41, 5.74) is 5.11. The standard InChI is InChI=1S/C25H19FN4S/c26-20-13-11-19(12-14-20)24-30-22-23(27-16-28-25(22)31-24)29-21-8-4-7-18(15-21)10-9-17-5-2-1-3-6-17/h1-8,11-16H,9-10H2,(H,27,28,29). The minimum absolute atomic E-state index is 0.265. The third-order valence-electron chi connectivity index (χ3n) is 5.02. The molecule has 0 saturated heterocycles. The van der Waals surface area contributed by atoms with Crippen molar-refractivity contribution in [2.24, 2.45) is 0 Å². The summed E-state index contributed by atoms with van der Waals surface area (Å²) in [4.78, 5) is 14.3. The maximum absolute atomic E-state index is 13.2. The average molecular weight is 427 g/mol. The van der Waals surface area contributed by atoms with Crippen LogP contribution in [0.3, 0.4) is 0 Å². The minimum atomic E-state index is -0.265. The van der Waals surface area contributed by atoms with Gasteiger partial charge in [0, 0.05) is 11.3 Å². The molecule has 6 heteroatoms. The van der Waals surface area contributed by atoms with Gasteiger partial charge in [-0.2, -0.15) is 0 Å². The molecule has 152 valence electrons. The van der Waals surface area contributed by atoms with Crippen molar-refractivity contribution in [1.82, 2.24) is 15.0 Å². The minimum Gasteiger partial charge on any atom is -0.338 e. The number of thiazole rings is 1. The number of benzene rings is 3. The molecule has 31 heavy (non-hydrogen) atoms. The summed E-state index contributed by atoms with van der Waals surface area (Å²) in [5.74, 6) is 0.397. The highest BCUT2D eigenvalue weighted by atomic mass is 32.1. The van der Waals surface area contributed by atoms with E-state index in [1.54, 1.807) is 12.1 Å². The van der Waals surface area contributed by atoms with Crippen molar-refractivity contribution in [3.8, 4) is 10.6 Å². The van der Waals surface area contributed by atoms with E-state index in [0.717, 1.165) is 33.9 Å². The fourth-order valence-corrected chi connectivity index (χ4v) is 4.35. The number of aryl methyl sites for hydroxylation is 2. The number of hydrogen-bond donors (Lipinski definition) is 1. The van der Waals surface area contributed by atoms with Gasteiger partial charge in [-0.15, -0.1) is 0 Å². The lowest BCUT2D eigenvalue weighted by atomic mass is 10.0. The molecule has 2 aromatic heterocycles. The van der Waals surface area contributed by atoms with Gasteiger partial charge in [0.15, 0.2) is 5.82 Å². The van der Waals surface area contributed by atoms with E-state index in [1.807, 2.05) is 18.2 Å². The van der Waals surface area contributed by atoms with Crippen LogP contribution in [0.25, 0.3) is 20.9 Å². The molecule has 0 unspecified atom stereocenters. The summed E-state index contributed by atoms with van der Waals surface area (Å²) in [6, 6.07) is 25.2. The third kappa shape index (κ3) is 4.44. The van der Waals surface area contributed by atoms with Crippen LogP contribution in [-0.2, 0) is 12.8 Å². The van der Waals surface area contributed by atoms with Gasteiger partial charge in [0.25, 0.3) is 0 Å². The predicted molar refractivity (Wildman–Crippen MR) is 124 cm³/mol. The highest BCUT2D eigenvalue weighted by Crippen LogP contribution is 2.32. The van der Waals surface area contributed by atoms with E-state index in [2.05, 4.69) is 51.7 Å². The highest BCUT2D eigenvalue weighted by molar-refractivity contribution is 7.21. The van der Waals surface area contributed by atoms with Crippen molar-refractivity contribution in [1.29, 1.82) is 0 Å². The first kappa shape index (κ1) is 19.3. The summed E-state index contributed by atoms with van der Waals surface area (Å²) >= 11 is 1.47. The van der Waals surface area contributed by atoms with Crippen LogP contribution >= 0.6 is 11.3 Å². The van der Waals surface area contributed by atoms with Gasteiger partial charge in [-0.25, -0.2) is 19.3 Å². The van der Waals surface area contributed by atoms with Crippen LogP contribution in [0.15, 0.2) is 85.2 Å². The Balaban J connectivity index is 1.38. The van der Waals surface area contributed by atoms with E-state index in [1.165, 1.54) is 40.9 Å². The summed E-state index contributed by atoms with van der Waals surface area (Å²) in [7, 11) is 0. The van der Waals surface area contributed by atoms with E-state index >= 15 is 0 Å². The fraction of sp³-hybridized carbons (Fsp3) is 0.0800. The Morgan fingerprint density at radius 2 is 1.58 bits per heavy atom. The van der Waals surface area contributed by atoms with E-state index in [9.17, 15) is 4.39 Å². The van der Waals surface area contributed by atoms with Crippen molar-refractivity contribution in [2.45, 2.75) is 12.8 Å². The van der Waals surface area contributed by atoms with Crippen molar-refractivity contribution in [3.05, 3.63) is 102 Å². The second kappa shape index (κ2) is 8.62. The SMILES string of the molecule is Fc1ccc(-c2nc3c(Nc4cccc(CCc5ccccc5)c4)ncnc3s2)cc1. The monoisotopic (exact) mass is 426 g/mol. The van der Waals surface area contributed by atoms with Crippen LogP contribution in [0.5, 0.6) is 0 Å². The van der Waals surface area contributed by atoms with Crippen LogP contribution in [0, 0.1) is 5.82 Å². The van der Waals surface area contributed by atoms with Gasteiger partial charge >= 0.3 is 0 Å². The summed E-state index contributed by atoms with van der Waals surface area (Å²) in [5, 5.41) is 4.18. The number of hydrogen-bond acceptors (Lipinski definition) is 5. The summed E-state index contributed by atoms with van der Waals surface area (Å²) < 4.78 is 13.2. The first-order valence-corrected chi connectivity index (χ1v) is 10.8. The number of anilines is 2. The van der Waals surface area contributed by atoms with E-state index in [4.69, 9.17) is 4.98 Å². The van der Waals surface area contributed by atoms with Gasteiger partial charge in [-0.3, -0.25) is 0 Å². The van der Waals surface area contributed by atoms with Crippen molar-refractivity contribution in [3.63, 3.8) is 0 Å². The Kier molecular flexibility index (Phi) is 5.37. The molecule has 2 heterocycles. The Hall–Kier alpha value is -3.64. The molecule has 0 atom stereocenters. The molecule has 4 nitrogen and oxygen atoms in total. The zero-order chi connectivity index (χ0) is 21.0. The van der Waals surface area contributed by atoms with Crippen LogP contribution < -0.4 is 5.32 Å². The molecule has 0 saturated carbocycles. The van der Waals surface area contributed by atoms with Crippen LogP contribution in [0.1, 0.15) is 11.1 Å². The highest BCUT2D eigenvalue weighted by Gasteiger charge is 2.12. The number of nitrogens with zero attached hydrogens (tertiary/aromatic N) is 3. The van der Waals surface area contributed by atoms with Crippen LogP contribution in [0.2, 0.25) is 0 Å². The molecule has 0 aliphatic rings. The van der Waals surface area contributed by atoms with Gasteiger partial charge in [0.1, 0.15) is 27.5 Å². The molecule has 5 rings (SSSR count). The van der Waals surface area contributed by atoms with Crippen molar-refractivity contribution < 1.29 is 4.39 Å². The van der Waals surface area contributed by atoms with E-state index < -0.39 is 0 Å². The molecular weight excluding hydrogens is 407 g/mol. The largest absolute Gasteiger partial charge is 0.338 e. The van der Waals surface area contributed by atoms with Gasteiger partial charge in [-0.1, -0.05) is 53.8 Å². The topological polar surface area (TPSA) is 50.7 Å². The number of halogens is 1. The van der Waals surface area contributed by atoms with Gasteiger partial charge in [-0.05, 0) is 60.4 Å². The van der Waals surface area contributed by atoms with E-state index in [-0.39, 0.29) is 5.82 Å². The summed E-state index contributed by atoms with van der Waals surface area (Å²) in [6.45, 7) is 0. The molecule has 0 radical (unpaired) electrons. The zero-order valence-corrected chi connectivity index (χ0v) is 17.4. The lowest BCUT2D eigenvalue weighted by Gasteiger charge is -2.08.